The van der Waals surface area contributed by atoms with Crippen LogP contribution in [0.2, 0.25) is 0 Å². The van der Waals surface area contributed by atoms with Gasteiger partial charge in [0.05, 0.1) is 5.69 Å². The molecule has 1 atom stereocenters. The number of benzene rings is 1. The first-order valence-electron chi connectivity index (χ1n) is 9.62. The zero-order valence-corrected chi connectivity index (χ0v) is 16.2. The highest BCUT2D eigenvalue weighted by molar-refractivity contribution is 5.99. The fraction of sp³-hybridized carbons (Fsp3) is 0.350. The highest BCUT2D eigenvalue weighted by atomic mass is 19.4. The minimum atomic E-state index is -4.60. The van der Waals surface area contributed by atoms with Gasteiger partial charge in [0.2, 0.25) is 11.9 Å². The zero-order chi connectivity index (χ0) is 21.3. The summed E-state index contributed by atoms with van der Waals surface area (Å²) < 4.78 is 41.0. The SMILES string of the molecule is CC(=O)Nc1ccc2c(-c3nc(NC4CCCNC4)ncc3C(F)(F)F)c[nH]c2c1. The summed E-state index contributed by atoms with van der Waals surface area (Å²) >= 11 is 0. The van der Waals surface area contributed by atoms with Crippen molar-refractivity contribution in [1.82, 2.24) is 20.3 Å². The van der Waals surface area contributed by atoms with E-state index < -0.39 is 11.7 Å². The second-order valence-corrected chi connectivity index (χ2v) is 7.29. The number of hydrogen-bond donors (Lipinski definition) is 4. The summed E-state index contributed by atoms with van der Waals surface area (Å²) in [4.78, 5) is 22.4. The number of nitrogens with one attached hydrogen (secondary N) is 4. The van der Waals surface area contributed by atoms with E-state index in [-0.39, 0.29) is 23.6 Å². The zero-order valence-electron chi connectivity index (χ0n) is 16.2. The van der Waals surface area contributed by atoms with Gasteiger partial charge in [-0.3, -0.25) is 4.79 Å². The van der Waals surface area contributed by atoms with Gasteiger partial charge in [-0.1, -0.05) is 6.07 Å². The monoisotopic (exact) mass is 418 g/mol. The highest BCUT2D eigenvalue weighted by Gasteiger charge is 2.36. The molecule has 2 aromatic heterocycles. The molecule has 1 aliphatic heterocycles. The minimum Gasteiger partial charge on any atom is -0.360 e. The van der Waals surface area contributed by atoms with Crippen LogP contribution in [0.15, 0.2) is 30.6 Å². The number of piperidine rings is 1. The molecule has 1 aromatic carbocycles. The van der Waals surface area contributed by atoms with E-state index in [2.05, 4.69) is 30.9 Å². The second kappa shape index (κ2) is 7.94. The number of hydrogen-bond acceptors (Lipinski definition) is 5. The predicted octanol–water partition coefficient (Wildman–Crippen LogP) is 3.77. The summed E-state index contributed by atoms with van der Waals surface area (Å²) in [7, 11) is 0. The lowest BCUT2D eigenvalue weighted by Gasteiger charge is -2.24. The maximum Gasteiger partial charge on any atom is 0.419 e. The van der Waals surface area contributed by atoms with Crippen LogP contribution < -0.4 is 16.0 Å². The molecule has 3 heterocycles. The number of aromatic nitrogens is 3. The smallest absolute Gasteiger partial charge is 0.360 e. The van der Waals surface area contributed by atoms with E-state index in [1.54, 1.807) is 18.2 Å². The maximum atomic E-state index is 13.7. The maximum absolute atomic E-state index is 13.7. The van der Waals surface area contributed by atoms with E-state index in [0.29, 0.717) is 28.7 Å². The average molecular weight is 418 g/mol. The highest BCUT2D eigenvalue weighted by Crippen LogP contribution is 2.39. The first-order valence-corrected chi connectivity index (χ1v) is 9.62. The Morgan fingerprint density at radius 2 is 2.13 bits per heavy atom. The van der Waals surface area contributed by atoms with Crippen LogP contribution in [-0.4, -0.2) is 40.0 Å². The fourth-order valence-electron chi connectivity index (χ4n) is 3.62. The van der Waals surface area contributed by atoms with Crippen LogP contribution in [0.1, 0.15) is 25.3 Å². The number of amides is 1. The van der Waals surface area contributed by atoms with E-state index >= 15 is 0 Å². The Kier molecular flexibility index (Phi) is 5.33. The van der Waals surface area contributed by atoms with Crippen molar-refractivity contribution in [2.75, 3.05) is 23.7 Å². The average Bonchev–Trinajstić information content (AvgIpc) is 3.10. The molecule has 4 rings (SSSR count). The lowest BCUT2D eigenvalue weighted by atomic mass is 10.1. The van der Waals surface area contributed by atoms with Gasteiger partial charge >= 0.3 is 6.18 Å². The topological polar surface area (TPSA) is 94.7 Å². The number of halogens is 3. The molecule has 1 fully saturated rings. The van der Waals surface area contributed by atoms with Crippen molar-refractivity contribution < 1.29 is 18.0 Å². The molecule has 10 heteroatoms. The summed E-state index contributed by atoms with van der Waals surface area (Å²) in [5, 5.41) is 9.60. The van der Waals surface area contributed by atoms with Crippen LogP contribution in [0, 0.1) is 0 Å². The molecule has 7 nitrogen and oxygen atoms in total. The fourth-order valence-corrected chi connectivity index (χ4v) is 3.62. The molecule has 3 aromatic rings. The van der Waals surface area contributed by atoms with Crippen LogP contribution in [-0.2, 0) is 11.0 Å². The van der Waals surface area contributed by atoms with Gasteiger partial charge in [0, 0.05) is 54.1 Å². The molecular formula is C20H21F3N6O. The number of rotatable bonds is 4. The number of nitrogens with zero attached hydrogens (tertiary/aromatic N) is 2. The van der Waals surface area contributed by atoms with Crippen molar-refractivity contribution >= 4 is 28.4 Å². The van der Waals surface area contributed by atoms with Gasteiger partial charge in [-0.15, -0.1) is 0 Å². The lowest BCUT2D eigenvalue weighted by Crippen LogP contribution is -2.38. The molecule has 0 bridgehead atoms. The van der Waals surface area contributed by atoms with Gasteiger partial charge in [-0.2, -0.15) is 13.2 Å². The van der Waals surface area contributed by atoms with Crippen molar-refractivity contribution in [1.29, 1.82) is 0 Å². The van der Waals surface area contributed by atoms with Crippen LogP contribution in [0.3, 0.4) is 0 Å². The summed E-state index contributed by atoms with van der Waals surface area (Å²) in [6.45, 7) is 3.02. The van der Waals surface area contributed by atoms with E-state index in [1.807, 2.05) is 0 Å². The number of H-pyrrole nitrogens is 1. The Morgan fingerprint density at radius 3 is 2.83 bits per heavy atom. The molecule has 0 saturated carbocycles. The van der Waals surface area contributed by atoms with Crippen molar-refractivity contribution in [3.8, 4) is 11.3 Å². The molecule has 0 spiro atoms. The molecule has 30 heavy (non-hydrogen) atoms. The Bertz CT molecular complexity index is 1070. The van der Waals surface area contributed by atoms with Crippen molar-refractivity contribution in [3.05, 3.63) is 36.2 Å². The summed E-state index contributed by atoms with van der Waals surface area (Å²) in [5.41, 5.74) is 0.367. The molecule has 0 aliphatic carbocycles. The normalized spacial score (nSPS) is 17.1. The molecule has 158 valence electrons. The van der Waals surface area contributed by atoms with Crippen LogP contribution >= 0.6 is 0 Å². The summed E-state index contributed by atoms with van der Waals surface area (Å²) in [6.07, 6.45) is -0.410. The van der Waals surface area contributed by atoms with Crippen molar-refractivity contribution in [3.63, 3.8) is 0 Å². The van der Waals surface area contributed by atoms with Crippen LogP contribution in [0.4, 0.5) is 24.8 Å². The van der Waals surface area contributed by atoms with Crippen LogP contribution in [0.25, 0.3) is 22.2 Å². The molecule has 1 unspecified atom stereocenters. The molecular weight excluding hydrogens is 397 g/mol. The predicted molar refractivity (Wildman–Crippen MR) is 108 cm³/mol. The minimum absolute atomic E-state index is 0.0616. The molecule has 1 saturated heterocycles. The standard InChI is InChI=1S/C20H21F3N6O/c1-11(30)27-12-4-5-14-15(9-25-17(14)7-12)18-16(20(21,22)23)10-26-19(29-18)28-13-3-2-6-24-8-13/h4-5,7,9-10,13,24-25H,2-3,6,8H2,1H3,(H,27,30)(H,26,28,29). The number of carbonyl (C=O) groups excluding carboxylic acids is 1. The number of aromatic amines is 1. The van der Waals surface area contributed by atoms with E-state index in [0.717, 1.165) is 25.6 Å². The van der Waals surface area contributed by atoms with Gasteiger partial charge in [0.15, 0.2) is 0 Å². The first-order chi connectivity index (χ1) is 14.3. The van der Waals surface area contributed by atoms with Crippen LogP contribution in [0.5, 0.6) is 0 Å². The van der Waals surface area contributed by atoms with E-state index in [4.69, 9.17) is 0 Å². The Hall–Kier alpha value is -3.14. The number of carbonyl (C=O) groups is 1. The van der Waals surface area contributed by atoms with E-state index in [1.165, 1.54) is 13.1 Å². The van der Waals surface area contributed by atoms with E-state index in [9.17, 15) is 18.0 Å². The molecule has 0 radical (unpaired) electrons. The Balaban J connectivity index is 1.75. The van der Waals surface area contributed by atoms with Gasteiger partial charge in [-0.05, 0) is 31.5 Å². The Labute approximate surface area is 170 Å². The first kappa shape index (κ1) is 20.1. The van der Waals surface area contributed by atoms with Gasteiger partial charge in [0.1, 0.15) is 5.56 Å². The summed E-state index contributed by atoms with van der Waals surface area (Å²) in [6, 6.07) is 5.03. The largest absolute Gasteiger partial charge is 0.419 e. The van der Waals surface area contributed by atoms with Crippen molar-refractivity contribution in [2.24, 2.45) is 0 Å². The Morgan fingerprint density at radius 1 is 1.30 bits per heavy atom. The second-order valence-electron chi connectivity index (χ2n) is 7.29. The van der Waals surface area contributed by atoms with Gasteiger partial charge in [0.25, 0.3) is 0 Å². The third-order valence-corrected chi connectivity index (χ3v) is 4.98. The third kappa shape index (κ3) is 4.23. The number of alkyl halides is 3. The third-order valence-electron chi connectivity index (χ3n) is 4.98. The number of anilines is 2. The number of fused-ring (bicyclic) bond motifs is 1. The van der Waals surface area contributed by atoms with Gasteiger partial charge < -0.3 is 20.9 Å². The molecule has 1 aliphatic rings. The lowest BCUT2D eigenvalue weighted by molar-refractivity contribution is -0.137. The quantitative estimate of drug-likeness (QED) is 0.518. The molecule has 4 N–H and O–H groups in total. The molecule has 1 amide bonds. The van der Waals surface area contributed by atoms with Gasteiger partial charge in [-0.25, -0.2) is 9.97 Å². The summed E-state index contributed by atoms with van der Waals surface area (Å²) in [5.74, 6) is -0.0693. The van der Waals surface area contributed by atoms with Crippen molar-refractivity contribution in [2.45, 2.75) is 32.0 Å².